The van der Waals surface area contributed by atoms with Crippen molar-refractivity contribution in [3.63, 3.8) is 0 Å². The average Bonchev–Trinajstić information content (AvgIpc) is 3.00. The largest absolute Gasteiger partial charge is 0.469 e. The van der Waals surface area contributed by atoms with Gasteiger partial charge in [0.05, 0.1) is 20.1 Å². The number of esters is 2. The summed E-state index contributed by atoms with van der Waals surface area (Å²) in [6.45, 7) is 3.66. The maximum atomic E-state index is 12.4. The van der Waals surface area contributed by atoms with Crippen LogP contribution in [0.15, 0.2) is 42.9 Å². The Morgan fingerprint density at radius 3 is 2.50 bits per heavy atom. The number of rotatable bonds is 6. The van der Waals surface area contributed by atoms with Crippen molar-refractivity contribution >= 4 is 11.9 Å². The van der Waals surface area contributed by atoms with Crippen LogP contribution in [0.2, 0.25) is 0 Å². The van der Waals surface area contributed by atoms with Crippen molar-refractivity contribution in [3.05, 3.63) is 54.1 Å². The first-order valence-corrected chi connectivity index (χ1v) is 7.81. The number of aryl methyl sites for hydroxylation is 1. The highest BCUT2D eigenvalue weighted by Gasteiger charge is 2.27. The SMILES string of the molecule is COC(=O)[C@H](C)COC(=O)c1c[n+](C)cn1[C@H](C)c1ccccc1. The number of aromatic nitrogens is 2. The van der Waals surface area contributed by atoms with Gasteiger partial charge in [0.15, 0.2) is 0 Å². The molecule has 2 atom stereocenters. The van der Waals surface area contributed by atoms with E-state index in [9.17, 15) is 9.59 Å². The quantitative estimate of drug-likeness (QED) is 0.599. The Bertz CT molecular complexity index is 709. The molecule has 0 aliphatic carbocycles. The average molecular weight is 331 g/mol. The van der Waals surface area contributed by atoms with E-state index in [1.165, 1.54) is 7.11 Å². The van der Waals surface area contributed by atoms with Gasteiger partial charge >= 0.3 is 11.9 Å². The van der Waals surface area contributed by atoms with E-state index in [1.807, 2.05) is 55.2 Å². The molecule has 0 spiro atoms. The normalized spacial score (nSPS) is 13.2. The maximum absolute atomic E-state index is 12.4. The molecule has 0 unspecified atom stereocenters. The molecule has 0 saturated heterocycles. The molecule has 0 N–H and O–H groups in total. The predicted molar refractivity (Wildman–Crippen MR) is 87.3 cm³/mol. The molecule has 2 aromatic rings. The summed E-state index contributed by atoms with van der Waals surface area (Å²) in [4.78, 5) is 23.8. The number of ether oxygens (including phenoxy) is 2. The van der Waals surface area contributed by atoms with E-state index in [4.69, 9.17) is 4.74 Å². The zero-order chi connectivity index (χ0) is 17.7. The maximum Gasteiger partial charge on any atom is 0.382 e. The molecule has 1 aromatic carbocycles. The van der Waals surface area contributed by atoms with E-state index in [0.29, 0.717) is 5.69 Å². The summed E-state index contributed by atoms with van der Waals surface area (Å²) in [5.41, 5.74) is 1.52. The second-order valence-electron chi connectivity index (χ2n) is 5.81. The van der Waals surface area contributed by atoms with Gasteiger partial charge in [0.25, 0.3) is 5.69 Å². The topological polar surface area (TPSA) is 61.4 Å². The van der Waals surface area contributed by atoms with Gasteiger partial charge in [0.2, 0.25) is 6.33 Å². The number of methoxy groups -OCH3 is 1. The van der Waals surface area contributed by atoms with E-state index in [2.05, 4.69) is 4.74 Å². The molecule has 6 heteroatoms. The van der Waals surface area contributed by atoms with Gasteiger partial charge < -0.3 is 9.47 Å². The molecule has 6 nitrogen and oxygen atoms in total. The highest BCUT2D eigenvalue weighted by molar-refractivity contribution is 5.87. The molecule has 0 fully saturated rings. The standard InChI is InChI=1S/C18H23N2O4/c1-13(17(21)23-4)11-24-18(22)16-10-19(3)12-20(16)14(2)15-8-6-5-7-9-15/h5-10,12-14H,11H2,1-4H3/q+1/t13-,14-/m1/s1. The summed E-state index contributed by atoms with van der Waals surface area (Å²) in [6.07, 6.45) is 3.56. The third kappa shape index (κ3) is 4.01. The number of imidazole rings is 1. The molecule has 0 amide bonds. The number of carbonyl (C=O) groups excluding carboxylic acids is 2. The van der Waals surface area contributed by atoms with Crippen LogP contribution in [0.1, 0.15) is 35.9 Å². The summed E-state index contributed by atoms with van der Waals surface area (Å²) < 4.78 is 13.6. The van der Waals surface area contributed by atoms with Gasteiger partial charge in [-0.1, -0.05) is 30.3 Å². The third-order valence-corrected chi connectivity index (χ3v) is 3.89. The molecule has 0 radical (unpaired) electrons. The smallest absolute Gasteiger partial charge is 0.382 e. The first-order valence-electron chi connectivity index (χ1n) is 7.81. The Balaban J connectivity index is 2.16. The Morgan fingerprint density at radius 2 is 1.88 bits per heavy atom. The molecular weight excluding hydrogens is 308 g/mol. The van der Waals surface area contributed by atoms with E-state index < -0.39 is 17.9 Å². The zero-order valence-electron chi connectivity index (χ0n) is 14.4. The number of nitrogens with zero attached hydrogens (tertiary/aromatic N) is 2. The molecule has 0 saturated carbocycles. The van der Waals surface area contributed by atoms with Gasteiger partial charge in [0.1, 0.15) is 18.8 Å². The second-order valence-corrected chi connectivity index (χ2v) is 5.81. The molecule has 2 rings (SSSR count). The van der Waals surface area contributed by atoms with Crippen LogP contribution in [0, 0.1) is 5.92 Å². The van der Waals surface area contributed by atoms with Crippen molar-refractivity contribution in [1.29, 1.82) is 0 Å². The van der Waals surface area contributed by atoms with E-state index >= 15 is 0 Å². The van der Waals surface area contributed by atoms with E-state index in [-0.39, 0.29) is 12.6 Å². The van der Waals surface area contributed by atoms with Crippen LogP contribution in [0.4, 0.5) is 0 Å². The summed E-state index contributed by atoms with van der Waals surface area (Å²) >= 11 is 0. The van der Waals surface area contributed by atoms with E-state index in [0.717, 1.165) is 5.56 Å². The lowest BCUT2D eigenvalue weighted by Crippen LogP contribution is -2.24. The number of carbonyl (C=O) groups is 2. The van der Waals surface area contributed by atoms with Crippen molar-refractivity contribution in [1.82, 2.24) is 4.57 Å². The fourth-order valence-corrected chi connectivity index (χ4v) is 2.45. The minimum atomic E-state index is -0.498. The molecule has 0 aliphatic heterocycles. The Labute approximate surface area is 141 Å². The highest BCUT2D eigenvalue weighted by Crippen LogP contribution is 2.19. The summed E-state index contributed by atoms with van der Waals surface area (Å²) in [5, 5.41) is 0. The monoisotopic (exact) mass is 331 g/mol. The summed E-state index contributed by atoms with van der Waals surface area (Å²) in [7, 11) is 3.16. The van der Waals surface area contributed by atoms with Gasteiger partial charge in [-0.05, 0) is 19.4 Å². The molecule has 24 heavy (non-hydrogen) atoms. The van der Waals surface area contributed by atoms with Crippen molar-refractivity contribution in [2.24, 2.45) is 13.0 Å². The van der Waals surface area contributed by atoms with Crippen LogP contribution in [-0.4, -0.2) is 30.2 Å². The first kappa shape index (κ1) is 17.7. The molecule has 0 aliphatic rings. The van der Waals surface area contributed by atoms with Crippen molar-refractivity contribution in [3.8, 4) is 0 Å². The van der Waals surface area contributed by atoms with Crippen LogP contribution < -0.4 is 4.57 Å². The van der Waals surface area contributed by atoms with Crippen molar-refractivity contribution in [2.45, 2.75) is 19.9 Å². The lowest BCUT2D eigenvalue weighted by Gasteiger charge is -2.12. The minimum Gasteiger partial charge on any atom is -0.469 e. The molecule has 128 valence electrons. The van der Waals surface area contributed by atoms with Crippen LogP contribution in [0.3, 0.4) is 0 Å². The fraction of sp³-hybridized carbons (Fsp3) is 0.389. The first-order chi connectivity index (χ1) is 11.4. The molecular formula is C18H23N2O4+. The van der Waals surface area contributed by atoms with Gasteiger partial charge in [-0.3, -0.25) is 4.79 Å². The van der Waals surface area contributed by atoms with Gasteiger partial charge in [-0.25, -0.2) is 13.9 Å². The van der Waals surface area contributed by atoms with Gasteiger partial charge in [-0.15, -0.1) is 0 Å². The molecule has 1 heterocycles. The lowest BCUT2D eigenvalue weighted by molar-refractivity contribution is -0.671. The fourth-order valence-electron chi connectivity index (χ4n) is 2.45. The minimum absolute atomic E-state index is 0.0138. The van der Waals surface area contributed by atoms with Gasteiger partial charge in [-0.2, -0.15) is 0 Å². The number of hydrogen-bond acceptors (Lipinski definition) is 4. The Kier molecular flexibility index (Phi) is 5.73. The zero-order valence-corrected chi connectivity index (χ0v) is 14.4. The third-order valence-electron chi connectivity index (χ3n) is 3.89. The summed E-state index contributed by atoms with van der Waals surface area (Å²) in [5.74, 6) is -1.36. The lowest BCUT2D eigenvalue weighted by atomic mass is 10.1. The highest BCUT2D eigenvalue weighted by atomic mass is 16.5. The van der Waals surface area contributed by atoms with E-state index in [1.54, 1.807) is 17.7 Å². The number of hydrogen-bond donors (Lipinski definition) is 0. The van der Waals surface area contributed by atoms with Crippen LogP contribution in [-0.2, 0) is 21.3 Å². The van der Waals surface area contributed by atoms with Crippen LogP contribution in [0.25, 0.3) is 0 Å². The Hall–Kier alpha value is -2.63. The summed E-state index contributed by atoms with van der Waals surface area (Å²) in [6, 6.07) is 9.89. The van der Waals surface area contributed by atoms with Gasteiger partial charge in [0, 0.05) is 0 Å². The number of benzene rings is 1. The molecule has 1 aromatic heterocycles. The molecule has 0 bridgehead atoms. The van der Waals surface area contributed by atoms with Crippen molar-refractivity contribution in [2.75, 3.05) is 13.7 Å². The Morgan fingerprint density at radius 1 is 1.21 bits per heavy atom. The van der Waals surface area contributed by atoms with Crippen LogP contribution >= 0.6 is 0 Å². The van der Waals surface area contributed by atoms with Crippen LogP contribution in [0.5, 0.6) is 0 Å². The predicted octanol–water partition coefficient (Wildman–Crippen LogP) is 1.89. The van der Waals surface area contributed by atoms with Crippen molar-refractivity contribution < 1.29 is 23.6 Å². The second kappa shape index (κ2) is 7.77.